The van der Waals surface area contributed by atoms with Crippen LogP contribution in [-0.4, -0.2) is 53.2 Å². The Morgan fingerprint density at radius 2 is 2.42 bits per heavy atom. The van der Waals surface area contributed by atoms with E-state index in [1.54, 1.807) is 0 Å². The van der Waals surface area contributed by atoms with Crippen molar-refractivity contribution in [3.05, 3.63) is 18.2 Å². The molecule has 6 heteroatoms. The summed E-state index contributed by atoms with van der Waals surface area (Å²) >= 11 is 0. The molecule has 1 N–H and O–H groups in total. The Morgan fingerprint density at radius 3 is 3.11 bits per heavy atom. The van der Waals surface area contributed by atoms with Gasteiger partial charge in [-0.15, -0.1) is 0 Å². The SMILES string of the molecule is COCC(=O)NCC1CN(C(C)C)Cc2cncn21. The number of nitrogens with one attached hydrogen (secondary N) is 1. The Morgan fingerprint density at radius 1 is 1.63 bits per heavy atom. The van der Waals surface area contributed by atoms with Crippen LogP contribution >= 0.6 is 0 Å². The van der Waals surface area contributed by atoms with Gasteiger partial charge in [0, 0.05) is 39.0 Å². The molecule has 2 rings (SSSR count). The fraction of sp³-hybridized carbons (Fsp3) is 0.692. The second-order valence-electron chi connectivity index (χ2n) is 5.21. The van der Waals surface area contributed by atoms with Crippen LogP contribution in [0.5, 0.6) is 0 Å². The molecule has 6 nitrogen and oxygen atoms in total. The summed E-state index contributed by atoms with van der Waals surface area (Å²) in [6, 6.07) is 0.718. The predicted octanol–water partition coefficient (Wildman–Crippen LogP) is 0.411. The average Bonchev–Trinajstić information content (AvgIpc) is 2.84. The third kappa shape index (κ3) is 3.33. The van der Waals surface area contributed by atoms with Gasteiger partial charge in [-0.1, -0.05) is 0 Å². The minimum atomic E-state index is -0.0779. The van der Waals surface area contributed by atoms with Crippen molar-refractivity contribution in [3.63, 3.8) is 0 Å². The zero-order chi connectivity index (χ0) is 13.8. The van der Waals surface area contributed by atoms with Crippen molar-refractivity contribution in [2.24, 2.45) is 0 Å². The minimum absolute atomic E-state index is 0.0779. The lowest BCUT2D eigenvalue weighted by Crippen LogP contribution is -2.45. The van der Waals surface area contributed by atoms with E-state index in [0.717, 1.165) is 13.1 Å². The zero-order valence-corrected chi connectivity index (χ0v) is 11.8. The highest BCUT2D eigenvalue weighted by molar-refractivity contribution is 5.77. The van der Waals surface area contributed by atoms with Crippen LogP contribution < -0.4 is 5.32 Å². The van der Waals surface area contributed by atoms with E-state index in [4.69, 9.17) is 4.74 Å². The molecule has 0 radical (unpaired) electrons. The number of methoxy groups -OCH3 is 1. The largest absolute Gasteiger partial charge is 0.375 e. The van der Waals surface area contributed by atoms with Gasteiger partial charge >= 0.3 is 0 Å². The Labute approximate surface area is 113 Å². The average molecular weight is 266 g/mol. The number of amides is 1. The first-order chi connectivity index (χ1) is 9.11. The number of carbonyl (C=O) groups is 1. The maximum atomic E-state index is 11.5. The number of nitrogens with zero attached hydrogens (tertiary/aromatic N) is 3. The monoisotopic (exact) mass is 266 g/mol. The van der Waals surface area contributed by atoms with Crippen LogP contribution in [0.3, 0.4) is 0 Å². The molecule has 1 unspecified atom stereocenters. The van der Waals surface area contributed by atoms with E-state index < -0.39 is 0 Å². The number of carbonyl (C=O) groups excluding carboxylic acids is 1. The molecule has 0 saturated heterocycles. The molecule has 0 fully saturated rings. The third-order valence-electron chi connectivity index (χ3n) is 3.49. The van der Waals surface area contributed by atoms with Crippen molar-refractivity contribution >= 4 is 5.91 Å². The summed E-state index contributed by atoms with van der Waals surface area (Å²) in [6.07, 6.45) is 3.75. The summed E-state index contributed by atoms with van der Waals surface area (Å²) in [7, 11) is 1.52. The molecule has 1 aromatic heterocycles. The number of aromatic nitrogens is 2. The molecular weight excluding hydrogens is 244 g/mol. The van der Waals surface area contributed by atoms with E-state index in [1.165, 1.54) is 12.8 Å². The van der Waals surface area contributed by atoms with Crippen molar-refractivity contribution in [2.45, 2.75) is 32.5 Å². The maximum absolute atomic E-state index is 11.5. The second-order valence-corrected chi connectivity index (χ2v) is 5.21. The molecule has 19 heavy (non-hydrogen) atoms. The van der Waals surface area contributed by atoms with Gasteiger partial charge in [0.15, 0.2) is 0 Å². The van der Waals surface area contributed by atoms with Crippen LogP contribution in [-0.2, 0) is 16.1 Å². The number of imidazole rings is 1. The van der Waals surface area contributed by atoms with Crippen molar-refractivity contribution in [2.75, 3.05) is 26.8 Å². The number of hydrogen-bond donors (Lipinski definition) is 1. The van der Waals surface area contributed by atoms with E-state index >= 15 is 0 Å². The van der Waals surface area contributed by atoms with Gasteiger partial charge < -0.3 is 14.6 Å². The molecule has 0 aromatic carbocycles. The second kappa shape index (κ2) is 6.16. The first kappa shape index (κ1) is 14.0. The zero-order valence-electron chi connectivity index (χ0n) is 11.8. The molecule has 1 amide bonds. The molecular formula is C13H22N4O2. The topological polar surface area (TPSA) is 59.4 Å². The highest BCUT2D eigenvalue weighted by Gasteiger charge is 2.26. The summed E-state index contributed by atoms with van der Waals surface area (Å²) in [5.41, 5.74) is 1.20. The number of rotatable bonds is 5. The normalized spacial score (nSPS) is 19.5. The fourth-order valence-corrected chi connectivity index (χ4v) is 2.38. The summed E-state index contributed by atoms with van der Waals surface area (Å²) in [6.45, 7) is 6.93. The van der Waals surface area contributed by atoms with Gasteiger partial charge in [0.1, 0.15) is 6.61 Å². The molecule has 0 bridgehead atoms. The minimum Gasteiger partial charge on any atom is -0.375 e. The molecule has 1 aromatic rings. The Hall–Kier alpha value is -1.40. The van der Waals surface area contributed by atoms with E-state index in [9.17, 15) is 4.79 Å². The van der Waals surface area contributed by atoms with Gasteiger partial charge in [0.25, 0.3) is 0 Å². The first-order valence-electron chi connectivity index (χ1n) is 6.62. The molecule has 1 aliphatic rings. The Balaban J connectivity index is 2.01. The predicted molar refractivity (Wildman–Crippen MR) is 71.7 cm³/mol. The maximum Gasteiger partial charge on any atom is 0.246 e. The van der Waals surface area contributed by atoms with Crippen LogP contribution in [0.25, 0.3) is 0 Å². The van der Waals surface area contributed by atoms with E-state index in [-0.39, 0.29) is 18.6 Å². The highest BCUT2D eigenvalue weighted by atomic mass is 16.5. The van der Waals surface area contributed by atoms with Crippen molar-refractivity contribution in [1.82, 2.24) is 19.8 Å². The van der Waals surface area contributed by atoms with Crippen molar-refractivity contribution in [3.8, 4) is 0 Å². The summed E-state index contributed by atoms with van der Waals surface area (Å²) < 4.78 is 6.97. The molecule has 0 saturated carbocycles. The Bertz CT molecular complexity index is 430. The van der Waals surface area contributed by atoms with Gasteiger partial charge in [-0.05, 0) is 13.8 Å². The van der Waals surface area contributed by atoms with Crippen LogP contribution in [0.1, 0.15) is 25.6 Å². The van der Waals surface area contributed by atoms with Gasteiger partial charge in [0.2, 0.25) is 5.91 Å². The van der Waals surface area contributed by atoms with Gasteiger partial charge in [-0.2, -0.15) is 0 Å². The quantitative estimate of drug-likeness (QED) is 0.838. The summed E-state index contributed by atoms with van der Waals surface area (Å²) in [5.74, 6) is -0.0779. The lowest BCUT2D eigenvalue weighted by Gasteiger charge is -2.36. The van der Waals surface area contributed by atoms with E-state index in [0.29, 0.717) is 12.6 Å². The molecule has 1 atom stereocenters. The number of fused-ring (bicyclic) bond motifs is 1. The lowest BCUT2D eigenvalue weighted by atomic mass is 10.1. The molecule has 0 spiro atoms. The first-order valence-corrected chi connectivity index (χ1v) is 6.62. The number of hydrogen-bond acceptors (Lipinski definition) is 4. The van der Waals surface area contributed by atoms with Crippen LogP contribution in [0.15, 0.2) is 12.5 Å². The third-order valence-corrected chi connectivity index (χ3v) is 3.49. The van der Waals surface area contributed by atoms with Crippen LogP contribution in [0, 0.1) is 0 Å². The van der Waals surface area contributed by atoms with E-state index in [2.05, 4.69) is 33.6 Å². The fourth-order valence-electron chi connectivity index (χ4n) is 2.38. The number of ether oxygens (including phenoxy) is 1. The van der Waals surface area contributed by atoms with Crippen molar-refractivity contribution in [1.29, 1.82) is 0 Å². The standard InChI is InChI=1S/C13H22N4O2/c1-10(2)16-6-11-4-14-9-17(11)12(7-16)5-15-13(18)8-19-3/h4,9-10,12H,5-8H2,1-3H3,(H,15,18). The Kier molecular flexibility index (Phi) is 4.55. The summed E-state index contributed by atoms with van der Waals surface area (Å²) in [5, 5.41) is 2.90. The smallest absolute Gasteiger partial charge is 0.246 e. The summed E-state index contributed by atoms with van der Waals surface area (Å²) in [4.78, 5) is 18.1. The van der Waals surface area contributed by atoms with Crippen LogP contribution in [0.2, 0.25) is 0 Å². The molecule has 2 heterocycles. The molecule has 106 valence electrons. The highest BCUT2D eigenvalue weighted by Crippen LogP contribution is 2.21. The molecule has 1 aliphatic heterocycles. The van der Waals surface area contributed by atoms with Crippen LogP contribution in [0.4, 0.5) is 0 Å². The van der Waals surface area contributed by atoms with Crippen molar-refractivity contribution < 1.29 is 9.53 Å². The van der Waals surface area contributed by atoms with Gasteiger partial charge in [0.05, 0.1) is 18.1 Å². The van der Waals surface area contributed by atoms with Gasteiger partial charge in [-0.25, -0.2) is 4.98 Å². The lowest BCUT2D eigenvalue weighted by molar-refractivity contribution is -0.124. The van der Waals surface area contributed by atoms with E-state index in [1.807, 2.05) is 12.5 Å². The van der Waals surface area contributed by atoms with Gasteiger partial charge in [-0.3, -0.25) is 9.69 Å². The molecule has 0 aliphatic carbocycles.